The summed E-state index contributed by atoms with van der Waals surface area (Å²) in [4.78, 5) is 21.2. The normalized spacial score (nSPS) is 21.0. The molecule has 0 aromatic carbocycles. The maximum atomic E-state index is 12.9. The van der Waals surface area contributed by atoms with E-state index in [1.54, 1.807) is 11.1 Å². The summed E-state index contributed by atoms with van der Waals surface area (Å²) in [6.07, 6.45) is 7.86. The molecule has 26 heavy (non-hydrogen) atoms. The van der Waals surface area contributed by atoms with Crippen LogP contribution in [0.4, 0.5) is 16.3 Å². The highest BCUT2D eigenvalue weighted by atomic mass is 32.2. The molecule has 0 aliphatic carbocycles. The Labute approximate surface area is 155 Å². The molecular weight excluding hydrogens is 354 g/mol. The Morgan fingerprint density at radius 1 is 1.23 bits per heavy atom. The van der Waals surface area contributed by atoms with Gasteiger partial charge < -0.3 is 15.1 Å². The number of nitrogens with one attached hydrogen (secondary N) is 2. The van der Waals surface area contributed by atoms with Gasteiger partial charge in [0.1, 0.15) is 0 Å². The second-order valence-electron chi connectivity index (χ2n) is 6.96. The third-order valence-corrected chi connectivity index (χ3v) is 5.59. The number of rotatable bonds is 5. The molecule has 2 saturated heterocycles. The average Bonchev–Trinajstić information content (AvgIpc) is 3.14. The molecule has 0 bridgehead atoms. The molecule has 2 amide bonds. The molecule has 8 nitrogen and oxygen atoms in total. The van der Waals surface area contributed by atoms with E-state index in [-0.39, 0.29) is 18.6 Å². The molecule has 0 saturated carbocycles. The SMILES string of the molecule is CS(=O)(=O)NC[C@@H]1CCCCN1C(=O)Nc1cccnc1N1CCCC1. The van der Waals surface area contributed by atoms with Crippen molar-refractivity contribution in [3.05, 3.63) is 18.3 Å². The predicted molar refractivity (Wildman–Crippen MR) is 102 cm³/mol. The molecule has 3 heterocycles. The van der Waals surface area contributed by atoms with Crippen molar-refractivity contribution in [1.82, 2.24) is 14.6 Å². The predicted octanol–water partition coefficient (Wildman–Crippen LogP) is 1.62. The summed E-state index contributed by atoms with van der Waals surface area (Å²) in [5.41, 5.74) is 0.708. The van der Waals surface area contributed by atoms with Gasteiger partial charge >= 0.3 is 6.03 Å². The van der Waals surface area contributed by atoms with Gasteiger partial charge in [-0.1, -0.05) is 0 Å². The zero-order chi connectivity index (χ0) is 18.6. The molecule has 0 spiro atoms. The summed E-state index contributed by atoms with van der Waals surface area (Å²) in [5, 5.41) is 2.99. The number of likely N-dealkylation sites (tertiary alicyclic amines) is 1. The second kappa shape index (κ2) is 8.22. The summed E-state index contributed by atoms with van der Waals surface area (Å²) >= 11 is 0. The standard InChI is InChI=1S/C17H27N5O3S/c1-26(24,25)19-13-14-7-2-3-12-22(14)17(23)20-15-8-6-9-18-16(15)21-10-4-5-11-21/h6,8-9,14,19H,2-5,7,10-13H2,1H3,(H,20,23)/t14-/m0/s1. The number of aromatic nitrogens is 1. The molecule has 2 aliphatic heterocycles. The first-order chi connectivity index (χ1) is 12.4. The summed E-state index contributed by atoms with van der Waals surface area (Å²) in [5.74, 6) is 0.807. The van der Waals surface area contributed by atoms with Crippen molar-refractivity contribution in [3.63, 3.8) is 0 Å². The van der Waals surface area contributed by atoms with Crippen LogP contribution in [0, 0.1) is 0 Å². The van der Waals surface area contributed by atoms with Gasteiger partial charge in [-0.3, -0.25) is 0 Å². The number of nitrogens with zero attached hydrogens (tertiary/aromatic N) is 3. The highest BCUT2D eigenvalue weighted by Gasteiger charge is 2.28. The lowest BCUT2D eigenvalue weighted by Crippen LogP contribution is -2.50. The number of urea groups is 1. The molecule has 2 aliphatic rings. The van der Waals surface area contributed by atoms with Crippen molar-refractivity contribution in [2.24, 2.45) is 0 Å². The number of hydrogen-bond acceptors (Lipinski definition) is 5. The van der Waals surface area contributed by atoms with Crippen molar-refractivity contribution in [2.45, 2.75) is 38.1 Å². The Morgan fingerprint density at radius 2 is 1.96 bits per heavy atom. The molecule has 3 rings (SSSR count). The fourth-order valence-electron chi connectivity index (χ4n) is 3.59. The van der Waals surface area contributed by atoms with Crippen LogP contribution in [0.5, 0.6) is 0 Å². The van der Waals surface area contributed by atoms with Gasteiger partial charge in [0.15, 0.2) is 5.82 Å². The van der Waals surface area contributed by atoms with Crippen molar-refractivity contribution >= 4 is 27.6 Å². The van der Waals surface area contributed by atoms with Gasteiger partial charge in [0.05, 0.1) is 11.9 Å². The summed E-state index contributed by atoms with van der Waals surface area (Å²) in [6.45, 7) is 2.77. The molecule has 1 aromatic heterocycles. The molecule has 9 heteroatoms. The van der Waals surface area contributed by atoms with Crippen LogP contribution >= 0.6 is 0 Å². The lowest BCUT2D eigenvalue weighted by Gasteiger charge is -2.36. The van der Waals surface area contributed by atoms with Gasteiger partial charge in [-0.25, -0.2) is 22.9 Å². The van der Waals surface area contributed by atoms with Crippen LogP contribution in [0.25, 0.3) is 0 Å². The monoisotopic (exact) mass is 381 g/mol. The Kier molecular flexibility index (Phi) is 5.98. The fourth-order valence-corrected chi connectivity index (χ4v) is 4.09. The first kappa shape index (κ1) is 18.9. The third-order valence-electron chi connectivity index (χ3n) is 4.90. The lowest BCUT2D eigenvalue weighted by molar-refractivity contribution is 0.164. The van der Waals surface area contributed by atoms with Gasteiger partial charge in [0.25, 0.3) is 0 Å². The largest absolute Gasteiger partial charge is 0.355 e. The van der Waals surface area contributed by atoms with Crippen LogP contribution in [0.3, 0.4) is 0 Å². The lowest BCUT2D eigenvalue weighted by atomic mass is 10.0. The molecule has 1 atom stereocenters. The third kappa shape index (κ3) is 4.85. The van der Waals surface area contributed by atoms with E-state index < -0.39 is 10.0 Å². The first-order valence-electron chi connectivity index (χ1n) is 9.16. The van der Waals surface area contributed by atoms with E-state index in [1.807, 2.05) is 12.1 Å². The van der Waals surface area contributed by atoms with Crippen LogP contribution < -0.4 is 14.9 Å². The maximum Gasteiger partial charge on any atom is 0.322 e. The van der Waals surface area contributed by atoms with E-state index in [1.165, 1.54) is 0 Å². The van der Waals surface area contributed by atoms with Crippen molar-refractivity contribution < 1.29 is 13.2 Å². The number of hydrogen-bond donors (Lipinski definition) is 2. The minimum Gasteiger partial charge on any atom is -0.355 e. The Balaban J connectivity index is 1.70. The molecular formula is C17H27N5O3S. The summed E-state index contributed by atoms with van der Waals surface area (Å²) < 4.78 is 25.3. The number of sulfonamides is 1. The van der Waals surface area contributed by atoms with Crippen LogP contribution in [-0.4, -0.2) is 62.8 Å². The topological polar surface area (TPSA) is 94.6 Å². The van der Waals surface area contributed by atoms with Gasteiger partial charge in [-0.05, 0) is 44.2 Å². The quantitative estimate of drug-likeness (QED) is 0.808. The molecule has 144 valence electrons. The molecule has 0 unspecified atom stereocenters. The van der Waals surface area contributed by atoms with Crippen LogP contribution in [0.15, 0.2) is 18.3 Å². The fraction of sp³-hybridized carbons (Fsp3) is 0.647. The Hall–Kier alpha value is -1.87. The van der Waals surface area contributed by atoms with E-state index in [4.69, 9.17) is 0 Å². The summed E-state index contributed by atoms with van der Waals surface area (Å²) in [7, 11) is -3.27. The molecule has 1 aromatic rings. The van der Waals surface area contributed by atoms with Gasteiger partial charge in [0.2, 0.25) is 10.0 Å². The summed E-state index contributed by atoms with van der Waals surface area (Å²) in [6, 6.07) is 3.35. The van der Waals surface area contributed by atoms with Crippen LogP contribution in [-0.2, 0) is 10.0 Å². The number of anilines is 2. The molecule has 2 N–H and O–H groups in total. The van der Waals surface area contributed by atoms with E-state index in [0.29, 0.717) is 12.2 Å². The Bertz CT molecular complexity index is 734. The smallest absolute Gasteiger partial charge is 0.322 e. The van der Waals surface area contributed by atoms with Gasteiger partial charge in [0, 0.05) is 38.4 Å². The minimum atomic E-state index is -3.27. The van der Waals surface area contributed by atoms with E-state index in [2.05, 4.69) is 19.9 Å². The van der Waals surface area contributed by atoms with E-state index >= 15 is 0 Å². The zero-order valence-electron chi connectivity index (χ0n) is 15.1. The highest BCUT2D eigenvalue weighted by molar-refractivity contribution is 7.88. The maximum absolute atomic E-state index is 12.9. The Morgan fingerprint density at radius 3 is 2.69 bits per heavy atom. The van der Waals surface area contributed by atoms with Crippen LogP contribution in [0.1, 0.15) is 32.1 Å². The molecule has 0 radical (unpaired) electrons. The number of carbonyl (C=O) groups excluding carboxylic acids is 1. The van der Waals surface area contributed by atoms with E-state index in [0.717, 1.165) is 57.3 Å². The van der Waals surface area contributed by atoms with Gasteiger partial charge in [-0.15, -0.1) is 0 Å². The van der Waals surface area contributed by atoms with Crippen LogP contribution in [0.2, 0.25) is 0 Å². The van der Waals surface area contributed by atoms with Gasteiger partial charge in [-0.2, -0.15) is 0 Å². The van der Waals surface area contributed by atoms with Crippen molar-refractivity contribution in [3.8, 4) is 0 Å². The average molecular weight is 382 g/mol. The zero-order valence-corrected chi connectivity index (χ0v) is 16.0. The van der Waals surface area contributed by atoms with Crippen molar-refractivity contribution in [2.75, 3.05) is 42.7 Å². The van der Waals surface area contributed by atoms with E-state index in [9.17, 15) is 13.2 Å². The second-order valence-corrected chi connectivity index (χ2v) is 8.80. The number of pyridine rings is 1. The first-order valence-corrected chi connectivity index (χ1v) is 11.1. The number of amides is 2. The highest BCUT2D eigenvalue weighted by Crippen LogP contribution is 2.27. The molecule has 2 fully saturated rings. The number of piperidine rings is 1. The minimum absolute atomic E-state index is 0.134. The number of carbonyl (C=O) groups is 1. The van der Waals surface area contributed by atoms with Crippen molar-refractivity contribution in [1.29, 1.82) is 0 Å².